The van der Waals surface area contributed by atoms with E-state index in [1.165, 1.54) is 6.92 Å². The van der Waals surface area contributed by atoms with Gasteiger partial charge < -0.3 is 14.2 Å². The lowest BCUT2D eigenvalue weighted by atomic mass is 10.5. The third kappa shape index (κ3) is 12.6. The number of alkyl halides is 6. The van der Waals surface area contributed by atoms with E-state index in [4.69, 9.17) is 79.1 Å². The van der Waals surface area contributed by atoms with Crippen LogP contribution in [0.15, 0.2) is 0 Å². The first-order valence-corrected chi connectivity index (χ1v) is 8.66. The van der Waals surface area contributed by atoms with Crippen LogP contribution < -0.4 is 5.43 Å². The van der Waals surface area contributed by atoms with Crippen LogP contribution in [0.3, 0.4) is 0 Å². The highest BCUT2D eigenvalue weighted by Gasteiger charge is 2.30. The SMILES string of the molecule is CC(C)OC(C)N(NC(=O)OCC(Cl)(Cl)Cl)C(=O)OCC(Cl)(Cl)Cl. The minimum Gasteiger partial charge on any atom is -0.444 e. The van der Waals surface area contributed by atoms with Gasteiger partial charge in [0.2, 0.25) is 7.59 Å². The number of hydrazine groups is 1. The van der Waals surface area contributed by atoms with E-state index >= 15 is 0 Å². The second-order valence-electron chi connectivity index (χ2n) is 4.63. The first-order valence-electron chi connectivity index (χ1n) is 6.39. The zero-order valence-electron chi connectivity index (χ0n) is 12.8. The van der Waals surface area contributed by atoms with Gasteiger partial charge in [-0.1, -0.05) is 69.6 Å². The van der Waals surface area contributed by atoms with Crippen LogP contribution in [0.4, 0.5) is 9.59 Å². The van der Waals surface area contributed by atoms with Gasteiger partial charge in [0.15, 0.2) is 6.23 Å². The molecule has 142 valence electrons. The highest BCUT2D eigenvalue weighted by atomic mass is 35.6. The molecule has 0 bridgehead atoms. The lowest BCUT2D eigenvalue weighted by Crippen LogP contribution is -2.53. The fourth-order valence-corrected chi connectivity index (χ4v) is 1.56. The Bertz CT molecular complexity index is 426. The molecule has 0 saturated heterocycles. The second-order valence-corrected chi connectivity index (χ2v) is 9.66. The molecule has 1 atom stereocenters. The molecule has 2 amide bonds. The molecule has 0 aromatic rings. The van der Waals surface area contributed by atoms with Crippen molar-refractivity contribution in [2.45, 2.75) is 40.7 Å². The summed E-state index contributed by atoms with van der Waals surface area (Å²) >= 11 is 32.9. The van der Waals surface area contributed by atoms with Gasteiger partial charge in [0.25, 0.3) is 0 Å². The van der Waals surface area contributed by atoms with Gasteiger partial charge in [-0.25, -0.2) is 15.0 Å². The number of hydrogen-bond acceptors (Lipinski definition) is 5. The Hall–Kier alpha value is 0.240. The summed E-state index contributed by atoms with van der Waals surface area (Å²) in [5.41, 5.74) is 2.10. The molecular weight excluding hydrogens is 453 g/mol. The van der Waals surface area contributed by atoms with Gasteiger partial charge >= 0.3 is 12.2 Å². The quantitative estimate of drug-likeness (QED) is 0.363. The molecule has 0 fully saturated rings. The number of nitrogens with one attached hydrogen (secondary N) is 1. The predicted octanol–water partition coefficient (Wildman–Crippen LogP) is 4.58. The highest BCUT2D eigenvalue weighted by Crippen LogP contribution is 2.27. The third-order valence-corrected chi connectivity index (χ3v) is 2.62. The third-order valence-electron chi connectivity index (χ3n) is 1.97. The zero-order valence-corrected chi connectivity index (χ0v) is 17.4. The maximum absolute atomic E-state index is 12.0. The van der Waals surface area contributed by atoms with E-state index < -0.39 is 39.2 Å². The number of halogens is 6. The summed E-state index contributed by atoms with van der Waals surface area (Å²) in [4.78, 5) is 23.8. The van der Waals surface area contributed by atoms with Crippen molar-refractivity contribution >= 4 is 81.8 Å². The summed E-state index contributed by atoms with van der Waals surface area (Å²) < 4.78 is 11.2. The van der Waals surface area contributed by atoms with E-state index in [-0.39, 0.29) is 6.10 Å². The summed E-state index contributed by atoms with van der Waals surface area (Å²) in [7, 11) is 0. The molecule has 0 aromatic carbocycles. The smallest absolute Gasteiger partial charge is 0.431 e. The molecule has 0 aliphatic carbocycles. The lowest BCUT2D eigenvalue weighted by molar-refractivity contribution is -0.0862. The van der Waals surface area contributed by atoms with Crippen LogP contribution in [-0.2, 0) is 14.2 Å². The Kier molecular flexibility index (Phi) is 10.5. The Morgan fingerprint density at radius 2 is 1.42 bits per heavy atom. The summed E-state index contributed by atoms with van der Waals surface area (Å²) in [6.07, 6.45) is -3.30. The van der Waals surface area contributed by atoms with Crippen molar-refractivity contribution in [3.63, 3.8) is 0 Å². The summed E-state index contributed by atoms with van der Waals surface area (Å²) in [6.45, 7) is 3.84. The van der Waals surface area contributed by atoms with Crippen molar-refractivity contribution in [1.82, 2.24) is 10.4 Å². The minimum absolute atomic E-state index is 0.262. The first-order chi connectivity index (χ1) is 10.7. The van der Waals surface area contributed by atoms with Crippen molar-refractivity contribution in [3.8, 4) is 0 Å². The van der Waals surface area contributed by atoms with Crippen LogP contribution in [0.1, 0.15) is 20.8 Å². The largest absolute Gasteiger partial charge is 0.444 e. The van der Waals surface area contributed by atoms with Crippen molar-refractivity contribution in [2.24, 2.45) is 0 Å². The maximum atomic E-state index is 12.0. The van der Waals surface area contributed by atoms with Crippen LogP contribution in [0.25, 0.3) is 0 Å². The maximum Gasteiger partial charge on any atom is 0.431 e. The molecule has 13 heteroatoms. The Labute approximate surface area is 169 Å². The van der Waals surface area contributed by atoms with E-state index in [9.17, 15) is 9.59 Å². The lowest BCUT2D eigenvalue weighted by Gasteiger charge is -2.29. The summed E-state index contributed by atoms with van der Waals surface area (Å²) in [5.74, 6) is 0. The monoisotopic (exact) mass is 466 g/mol. The summed E-state index contributed by atoms with van der Waals surface area (Å²) in [5, 5.41) is 0.705. The van der Waals surface area contributed by atoms with Crippen molar-refractivity contribution in [3.05, 3.63) is 0 Å². The number of nitrogens with zero attached hydrogens (tertiary/aromatic N) is 1. The van der Waals surface area contributed by atoms with Gasteiger partial charge in [0.05, 0.1) is 6.10 Å². The van der Waals surface area contributed by atoms with Gasteiger partial charge in [-0.3, -0.25) is 0 Å². The van der Waals surface area contributed by atoms with Crippen molar-refractivity contribution in [2.75, 3.05) is 13.2 Å². The van der Waals surface area contributed by atoms with E-state index in [0.29, 0.717) is 5.01 Å². The molecule has 0 aliphatic heterocycles. The topological polar surface area (TPSA) is 77.1 Å². The number of ether oxygens (including phenoxy) is 3. The molecule has 0 spiro atoms. The average Bonchev–Trinajstić information content (AvgIpc) is 2.37. The fraction of sp³-hybridized carbons (Fsp3) is 0.818. The second kappa shape index (κ2) is 10.4. The molecule has 24 heavy (non-hydrogen) atoms. The van der Waals surface area contributed by atoms with Crippen LogP contribution >= 0.6 is 69.6 Å². The Morgan fingerprint density at radius 3 is 1.83 bits per heavy atom. The van der Waals surface area contributed by atoms with Crippen LogP contribution in [0.2, 0.25) is 0 Å². The number of carbonyl (C=O) groups excluding carboxylic acids is 2. The molecule has 1 unspecified atom stereocenters. The van der Waals surface area contributed by atoms with Crippen molar-refractivity contribution in [1.29, 1.82) is 0 Å². The Balaban J connectivity index is 4.86. The molecule has 7 nitrogen and oxygen atoms in total. The molecule has 0 radical (unpaired) electrons. The van der Waals surface area contributed by atoms with E-state index in [0.717, 1.165) is 0 Å². The van der Waals surface area contributed by atoms with Crippen LogP contribution in [0, 0.1) is 0 Å². The number of carbonyl (C=O) groups is 2. The van der Waals surface area contributed by atoms with E-state index in [1.54, 1.807) is 13.8 Å². The molecule has 0 saturated carbocycles. The molecule has 0 aromatic heterocycles. The fourth-order valence-electron chi connectivity index (χ4n) is 1.23. The number of rotatable bonds is 5. The van der Waals surface area contributed by atoms with Crippen LogP contribution in [-0.4, -0.2) is 50.3 Å². The zero-order chi connectivity index (χ0) is 19.1. The van der Waals surface area contributed by atoms with E-state index in [1.807, 2.05) is 0 Å². The van der Waals surface area contributed by atoms with Crippen molar-refractivity contribution < 1.29 is 23.8 Å². The highest BCUT2D eigenvalue weighted by molar-refractivity contribution is 6.68. The van der Waals surface area contributed by atoms with Gasteiger partial charge in [-0.2, -0.15) is 5.01 Å². The Morgan fingerprint density at radius 1 is 0.958 bits per heavy atom. The number of amides is 2. The van der Waals surface area contributed by atoms with Gasteiger partial charge in [0, 0.05) is 0 Å². The molecular formula is C11H16Cl6N2O5. The van der Waals surface area contributed by atoms with E-state index in [2.05, 4.69) is 10.2 Å². The molecule has 1 N–H and O–H groups in total. The minimum atomic E-state index is -1.82. The molecule has 0 rings (SSSR count). The normalized spacial score (nSPS) is 13.4. The molecule has 0 heterocycles. The first kappa shape index (κ1) is 24.2. The van der Waals surface area contributed by atoms with Gasteiger partial charge in [0.1, 0.15) is 13.2 Å². The van der Waals surface area contributed by atoms with Gasteiger partial charge in [-0.15, -0.1) is 0 Å². The standard InChI is InChI=1S/C11H16Cl6N2O5/c1-6(2)24-7(3)19(9(21)23-5-11(15,16)17)18-8(20)22-4-10(12,13)14/h6-7H,4-5H2,1-3H3,(H,18,20). The average molecular weight is 469 g/mol. The summed E-state index contributed by atoms with van der Waals surface area (Å²) in [6, 6.07) is 0. The van der Waals surface area contributed by atoms with Gasteiger partial charge in [-0.05, 0) is 20.8 Å². The predicted molar refractivity (Wildman–Crippen MR) is 93.9 cm³/mol. The molecule has 0 aliphatic rings. The van der Waals surface area contributed by atoms with Crippen LogP contribution in [0.5, 0.6) is 0 Å². The number of hydrogen-bond donors (Lipinski definition) is 1.